The maximum atomic E-state index is 11.6. The number of benzene rings is 1. The molecule has 0 saturated carbocycles. The molecule has 1 aliphatic rings. The van der Waals surface area contributed by atoms with Gasteiger partial charge in [0.05, 0.1) is 13.0 Å². The number of esters is 1. The average molecular weight is 310 g/mol. The van der Waals surface area contributed by atoms with Crippen LogP contribution in [0.4, 0.5) is 0 Å². The van der Waals surface area contributed by atoms with E-state index in [2.05, 4.69) is 11.0 Å². The second-order valence-corrected chi connectivity index (χ2v) is 6.35. The Balaban J connectivity index is 2.00. The summed E-state index contributed by atoms with van der Waals surface area (Å²) in [4.78, 5) is 14.1. The Morgan fingerprint density at radius 3 is 3.00 bits per heavy atom. The monoisotopic (exact) mass is 309 g/mol. The molecule has 3 nitrogen and oxygen atoms in total. The lowest BCUT2D eigenvalue weighted by Crippen LogP contribution is -2.40. The van der Waals surface area contributed by atoms with Gasteiger partial charge in [0.1, 0.15) is 0 Å². The molecule has 0 N–H and O–H groups in total. The van der Waals surface area contributed by atoms with Crippen LogP contribution in [0.3, 0.4) is 0 Å². The number of halogens is 1. The molecule has 0 aliphatic carbocycles. The van der Waals surface area contributed by atoms with Crippen molar-refractivity contribution in [1.82, 2.24) is 4.90 Å². The smallest absolute Gasteiger partial charge is 0.308 e. The third-order valence-corrected chi connectivity index (χ3v) is 4.49. The fourth-order valence-corrected chi connectivity index (χ4v) is 3.32. The fraction of sp³-hybridized carbons (Fsp3) is 0.588. The molecule has 1 fully saturated rings. The molecule has 2 atom stereocenters. The predicted octanol–water partition coefficient (Wildman–Crippen LogP) is 3.89. The van der Waals surface area contributed by atoms with Crippen LogP contribution in [0.1, 0.15) is 38.2 Å². The minimum absolute atomic E-state index is 0.0417. The van der Waals surface area contributed by atoms with Crippen LogP contribution in [0.5, 0.6) is 0 Å². The van der Waals surface area contributed by atoms with Crippen molar-refractivity contribution in [3.8, 4) is 0 Å². The first kappa shape index (κ1) is 16.3. The van der Waals surface area contributed by atoms with Crippen LogP contribution < -0.4 is 0 Å². The zero-order chi connectivity index (χ0) is 15.2. The standard InChI is InChI=1S/C17H24ClNO2/c1-13(17(20)21-2)10-16-8-3-4-9-19(16)12-14-6-5-7-15(18)11-14/h5-7,11,13,16H,3-4,8-10,12H2,1-2H3. The molecule has 116 valence electrons. The van der Waals surface area contributed by atoms with Gasteiger partial charge < -0.3 is 4.74 Å². The van der Waals surface area contributed by atoms with E-state index in [0.29, 0.717) is 6.04 Å². The van der Waals surface area contributed by atoms with E-state index < -0.39 is 0 Å². The molecule has 0 radical (unpaired) electrons. The lowest BCUT2D eigenvalue weighted by atomic mass is 9.92. The van der Waals surface area contributed by atoms with E-state index in [-0.39, 0.29) is 11.9 Å². The van der Waals surface area contributed by atoms with E-state index in [4.69, 9.17) is 16.3 Å². The van der Waals surface area contributed by atoms with E-state index in [1.165, 1.54) is 25.5 Å². The van der Waals surface area contributed by atoms with Crippen molar-refractivity contribution in [2.45, 2.75) is 45.2 Å². The van der Waals surface area contributed by atoms with Crippen LogP contribution >= 0.6 is 11.6 Å². The van der Waals surface area contributed by atoms with Crippen molar-refractivity contribution < 1.29 is 9.53 Å². The highest BCUT2D eigenvalue weighted by molar-refractivity contribution is 6.30. The maximum absolute atomic E-state index is 11.6. The fourth-order valence-electron chi connectivity index (χ4n) is 3.11. The molecule has 21 heavy (non-hydrogen) atoms. The van der Waals surface area contributed by atoms with Gasteiger partial charge >= 0.3 is 5.97 Å². The number of carbonyl (C=O) groups excluding carboxylic acids is 1. The maximum Gasteiger partial charge on any atom is 0.308 e. The first-order valence-corrected chi connectivity index (χ1v) is 8.04. The van der Waals surface area contributed by atoms with Crippen LogP contribution in [0.25, 0.3) is 0 Å². The van der Waals surface area contributed by atoms with Gasteiger partial charge in [-0.3, -0.25) is 9.69 Å². The molecular formula is C17H24ClNO2. The quantitative estimate of drug-likeness (QED) is 0.773. The summed E-state index contributed by atoms with van der Waals surface area (Å²) in [6.45, 7) is 3.95. The SMILES string of the molecule is COC(=O)C(C)CC1CCCCN1Cc1cccc(Cl)c1. The Morgan fingerprint density at radius 1 is 1.48 bits per heavy atom. The Hall–Kier alpha value is -1.06. The van der Waals surface area contributed by atoms with Gasteiger partial charge in [0, 0.05) is 17.6 Å². The van der Waals surface area contributed by atoms with Gasteiger partial charge in [-0.25, -0.2) is 0 Å². The summed E-state index contributed by atoms with van der Waals surface area (Å²) in [5.41, 5.74) is 1.24. The van der Waals surface area contributed by atoms with Crippen LogP contribution in [-0.2, 0) is 16.1 Å². The number of hydrogen-bond donors (Lipinski definition) is 0. The van der Waals surface area contributed by atoms with E-state index in [9.17, 15) is 4.79 Å². The summed E-state index contributed by atoms with van der Waals surface area (Å²) >= 11 is 6.06. The molecule has 1 aromatic rings. The van der Waals surface area contributed by atoms with Crippen LogP contribution in [0.2, 0.25) is 5.02 Å². The molecule has 2 rings (SSSR count). The summed E-state index contributed by atoms with van der Waals surface area (Å²) in [7, 11) is 1.46. The summed E-state index contributed by atoms with van der Waals surface area (Å²) < 4.78 is 4.85. The van der Waals surface area contributed by atoms with Crippen molar-refractivity contribution in [3.05, 3.63) is 34.9 Å². The Kier molecular flexibility index (Phi) is 6.07. The summed E-state index contributed by atoms with van der Waals surface area (Å²) in [6.07, 6.45) is 4.49. The van der Waals surface area contributed by atoms with Crippen molar-refractivity contribution >= 4 is 17.6 Å². The van der Waals surface area contributed by atoms with Crippen LogP contribution in [-0.4, -0.2) is 30.6 Å². The normalized spacial score (nSPS) is 21.0. The lowest BCUT2D eigenvalue weighted by Gasteiger charge is -2.36. The van der Waals surface area contributed by atoms with E-state index in [1.54, 1.807) is 0 Å². The number of nitrogens with zero attached hydrogens (tertiary/aromatic N) is 1. The second kappa shape index (κ2) is 7.81. The highest BCUT2D eigenvalue weighted by atomic mass is 35.5. The number of carbonyl (C=O) groups is 1. The van der Waals surface area contributed by atoms with Gasteiger partial charge in [-0.05, 0) is 43.5 Å². The first-order valence-electron chi connectivity index (χ1n) is 7.66. The molecule has 0 spiro atoms. The van der Waals surface area contributed by atoms with Crippen LogP contribution in [0.15, 0.2) is 24.3 Å². The predicted molar refractivity (Wildman–Crippen MR) is 85.3 cm³/mol. The third-order valence-electron chi connectivity index (χ3n) is 4.25. The molecule has 0 aromatic heterocycles. The van der Waals surface area contributed by atoms with Gasteiger partial charge in [0.25, 0.3) is 0 Å². The average Bonchev–Trinajstić information content (AvgIpc) is 2.48. The highest BCUT2D eigenvalue weighted by Gasteiger charge is 2.26. The zero-order valence-electron chi connectivity index (χ0n) is 12.8. The zero-order valence-corrected chi connectivity index (χ0v) is 13.6. The largest absolute Gasteiger partial charge is 0.469 e. The number of hydrogen-bond acceptors (Lipinski definition) is 3. The number of ether oxygens (including phenoxy) is 1. The first-order chi connectivity index (χ1) is 10.1. The van der Waals surface area contributed by atoms with Crippen molar-refractivity contribution in [2.24, 2.45) is 5.92 Å². The Labute approximate surface area is 132 Å². The highest BCUT2D eigenvalue weighted by Crippen LogP contribution is 2.25. The number of piperidine rings is 1. The molecule has 0 bridgehead atoms. The number of likely N-dealkylation sites (tertiary alicyclic amines) is 1. The van der Waals surface area contributed by atoms with Crippen molar-refractivity contribution in [3.63, 3.8) is 0 Å². The van der Waals surface area contributed by atoms with E-state index in [0.717, 1.165) is 31.0 Å². The van der Waals surface area contributed by atoms with Crippen molar-refractivity contribution in [1.29, 1.82) is 0 Å². The molecule has 1 aromatic carbocycles. The molecule has 0 amide bonds. The van der Waals surface area contributed by atoms with Gasteiger partial charge in [-0.15, -0.1) is 0 Å². The number of methoxy groups -OCH3 is 1. The topological polar surface area (TPSA) is 29.5 Å². The van der Waals surface area contributed by atoms with Crippen molar-refractivity contribution in [2.75, 3.05) is 13.7 Å². The Bertz CT molecular complexity index is 478. The summed E-state index contributed by atoms with van der Waals surface area (Å²) in [5, 5.41) is 0.781. The van der Waals surface area contributed by atoms with Gasteiger partial charge in [-0.1, -0.05) is 37.1 Å². The molecule has 4 heteroatoms. The lowest BCUT2D eigenvalue weighted by molar-refractivity contribution is -0.145. The third kappa shape index (κ3) is 4.72. The molecular weight excluding hydrogens is 286 g/mol. The minimum Gasteiger partial charge on any atom is -0.469 e. The molecule has 1 heterocycles. The minimum atomic E-state index is -0.108. The second-order valence-electron chi connectivity index (χ2n) is 5.91. The van der Waals surface area contributed by atoms with E-state index >= 15 is 0 Å². The Morgan fingerprint density at radius 2 is 2.29 bits per heavy atom. The van der Waals surface area contributed by atoms with Gasteiger partial charge in [0.2, 0.25) is 0 Å². The van der Waals surface area contributed by atoms with Gasteiger partial charge in [0.15, 0.2) is 0 Å². The van der Waals surface area contributed by atoms with Gasteiger partial charge in [-0.2, -0.15) is 0 Å². The summed E-state index contributed by atoms with van der Waals surface area (Å²) in [5.74, 6) is -0.150. The van der Waals surface area contributed by atoms with Crippen LogP contribution in [0, 0.1) is 5.92 Å². The summed E-state index contributed by atoms with van der Waals surface area (Å²) in [6, 6.07) is 8.48. The molecule has 2 unspecified atom stereocenters. The molecule has 1 aliphatic heterocycles. The molecule has 1 saturated heterocycles. The number of rotatable bonds is 5. The van der Waals surface area contributed by atoms with E-state index in [1.807, 2.05) is 25.1 Å².